The van der Waals surface area contributed by atoms with E-state index >= 15 is 0 Å². The Bertz CT molecular complexity index is 2000. The average molecular weight is 465 g/mol. The van der Waals surface area contributed by atoms with Gasteiger partial charge < -0.3 is 9.88 Å². The van der Waals surface area contributed by atoms with Crippen LogP contribution in [0.4, 0.5) is 11.5 Å². The summed E-state index contributed by atoms with van der Waals surface area (Å²) in [6.45, 7) is 0.689. The van der Waals surface area contributed by atoms with Gasteiger partial charge in [-0.2, -0.15) is 4.98 Å². The molecule has 170 valence electrons. The first-order chi connectivity index (χ1) is 17.9. The van der Waals surface area contributed by atoms with Crippen molar-refractivity contribution in [3.05, 3.63) is 97.2 Å². The summed E-state index contributed by atoms with van der Waals surface area (Å²) in [6.07, 6.45) is 3.67. The second kappa shape index (κ2) is 7.26. The Labute approximate surface area is 206 Å². The number of nitrogens with zero attached hydrogens (tertiary/aromatic N) is 5. The van der Waals surface area contributed by atoms with Crippen molar-refractivity contribution in [3.8, 4) is 11.6 Å². The van der Waals surface area contributed by atoms with Crippen molar-refractivity contribution in [2.75, 3.05) is 11.9 Å². The van der Waals surface area contributed by atoms with Crippen LogP contribution in [0.25, 0.3) is 55.2 Å². The van der Waals surface area contributed by atoms with Crippen LogP contribution in [-0.4, -0.2) is 31.9 Å². The zero-order chi connectivity index (χ0) is 23.6. The smallest absolute Gasteiger partial charge is 0.236 e. The van der Waals surface area contributed by atoms with E-state index < -0.39 is 0 Å². The van der Waals surface area contributed by atoms with E-state index in [4.69, 9.17) is 9.97 Å². The van der Waals surface area contributed by atoms with E-state index in [1.54, 1.807) is 0 Å². The van der Waals surface area contributed by atoms with Gasteiger partial charge in [0.15, 0.2) is 5.82 Å². The normalized spacial score (nSPS) is 13.0. The number of fused-ring (bicyclic) bond motifs is 7. The molecule has 6 heteroatoms. The van der Waals surface area contributed by atoms with Gasteiger partial charge in [0.05, 0.1) is 40.5 Å². The number of hydrogen-bond acceptors (Lipinski definition) is 4. The van der Waals surface area contributed by atoms with Gasteiger partial charge in [-0.3, -0.25) is 4.57 Å². The van der Waals surface area contributed by atoms with E-state index in [9.17, 15) is 0 Å². The Morgan fingerprint density at radius 1 is 0.639 bits per heavy atom. The highest BCUT2D eigenvalue weighted by molar-refractivity contribution is 6.18. The highest BCUT2D eigenvalue weighted by Crippen LogP contribution is 2.39. The van der Waals surface area contributed by atoms with Gasteiger partial charge in [0, 0.05) is 33.4 Å². The Hall–Kier alpha value is -4.97. The van der Waals surface area contributed by atoms with Crippen molar-refractivity contribution >= 4 is 61.3 Å². The second-order valence-corrected chi connectivity index (χ2v) is 9.03. The van der Waals surface area contributed by atoms with Crippen LogP contribution in [0.2, 0.25) is 0 Å². The molecule has 1 aliphatic rings. The molecule has 1 aliphatic heterocycles. The molecule has 0 amide bonds. The summed E-state index contributed by atoms with van der Waals surface area (Å²) in [5, 5.41) is 8.04. The third-order valence-electron chi connectivity index (χ3n) is 7.03. The van der Waals surface area contributed by atoms with Crippen LogP contribution in [0.15, 0.2) is 102 Å². The van der Waals surface area contributed by atoms with Crippen molar-refractivity contribution < 1.29 is 0 Å². The molecule has 0 atom stereocenters. The first kappa shape index (κ1) is 19.3. The molecule has 0 saturated heterocycles. The Kier molecular flexibility index (Phi) is 3.90. The average Bonchev–Trinajstić information content (AvgIpc) is 3.44. The van der Waals surface area contributed by atoms with Gasteiger partial charge in [-0.25, -0.2) is 9.98 Å². The molecule has 0 spiro atoms. The van der Waals surface area contributed by atoms with Gasteiger partial charge in [0.2, 0.25) is 5.95 Å². The fourth-order valence-electron chi connectivity index (χ4n) is 5.48. The van der Waals surface area contributed by atoms with E-state index in [1.165, 1.54) is 32.6 Å². The largest absolute Gasteiger partial charge is 0.376 e. The summed E-state index contributed by atoms with van der Waals surface area (Å²) in [4.78, 5) is 14.1. The first-order valence-corrected chi connectivity index (χ1v) is 12.0. The maximum Gasteiger partial charge on any atom is 0.236 e. The molecule has 0 unspecified atom stereocenters. The molecule has 0 bridgehead atoms. The van der Waals surface area contributed by atoms with Crippen LogP contribution in [0.5, 0.6) is 0 Å². The SMILES string of the molecule is C1=Nc2nc(-n3c4ccccc4c4cc5c(cc43)c3ccccc3n5-c3ccccc3)ncc2NC1. The minimum Gasteiger partial charge on any atom is -0.376 e. The molecule has 0 fully saturated rings. The Morgan fingerprint density at radius 3 is 2.03 bits per heavy atom. The van der Waals surface area contributed by atoms with Gasteiger partial charge in [0.25, 0.3) is 0 Å². The molecule has 7 aromatic rings. The van der Waals surface area contributed by atoms with Crippen LogP contribution >= 0.6 is 0 Å². The highest BCUT2D eigenvalue weighted by atomic mass is 15.2. The monoisotopic (exact) mass is 464 g/mol. The third-order valence-corrected chi connectivity index (χ3v) is 7.03. The molecule has 0 radical (unpaired) electrons. The maximum absolute atomic E-state index is 4.84. The Balaban J connectivity index is 1.52. The number of aliphatic imine (C=N–C) groups is 1. The molecule has 4 heterocycles. The minimum absolute atomic E-state index is 0.618. The number of anilines is 1. The summed E-state index contributed by atoms with van der Waals surface area (Å²) in [5.41, 5.74) is 6.52. The van der Waals surface area contributed by atoms with Crippen LogP contribution in [-0.2, 0) is 0 Å². The lowest BCUT2D eigenvalue weighted by Gasteiger charge is -2.13. The topological polar surface area (TPSA) is 60.0 Å². The quantitative estimate of drug-likeness (QED) is 0.306. The minimum atomic E-state index is 0.618. The molecular weight excluding hydrogens is 444 g/mol. The van der Waals surface area contributed by atoms with Crippen molar-refractivity contribution in [2.24, 2.45) is 4.99 Å². The predicted octanol–water partition coefficient (Wildman–Crippen LogP) is 6.80. The first-order valence-electron chi connectivity index (χ1n) is 12.0. The number of aromatic nitrogens is 4. The number of hydrogen-bond donors (Lipinski definition) is 1. The number of nitrogens with one attached hydrogen (secondary N) is 1. The zero-order valence-corrected chi connectivity index (χ0v) is 19.3. The molecule has 3 aromatic heterocycles. The zero-order valence-electron chi connectivity index (χ0n) is 19.3. The summed E-state index contributed by atoms with van der Waals surface area (Å²) < 4.78 is 4.51. The van der Waals surface area contributed by atoms with Gasteiger partial charge in [-0.05, 0) is 36.4 Å². The molecular formula is C30H20N6. The van der Waals surface area contributed by atoms with Gasteiger partial charge >= 0.3 is 0 Å². The van der Waals surface area contributed by atoms with Crippen LogP contribution in [0.1, 0.15) is 0 Å². The van der Waals surface area contributed by atoms with Crippen molar-refractivity contribution in [2.45, 2.75) is 0 Å². The fraction of sp³-hybridized carbons (Fsp3) is 0.0333. The van der Waals surface area contributed by atoms with Crippen molar-refractivity contribution in [3.63, 3.8) is 0 Å². The van der Waals surface area contributed by atoms with E-state index in [0.717, 1.165) is 22.4 Å². The van der Waals surface area contributed by atoms with Gasteiger partial charge in [-0.15, -0.1) is 0 Å². The fourth-order valence-corrected chi connectivity index (χ4v) is 5.48. The second-order valence-electron chi connectivity index (χ2n) is 9.03. The molecule has 1 N–H and O–H groups in total. The Morgan fingerprint density at radius 2 is 1.28 bits per heavy atom. The molecule has 8 rings (SSSR count). The van der Waals surface area contributed by atoms with Crippen LogP contribution in [0, 0.1) is 0 Å². The van der Waals surface area contributed by atoms with Crippen molar-refractivity contribution in [1.82, 2.24) is 19.1 Å². The summed E-state index contributed by atoms with van der Waals surface area (Å²) in [6, 6.07) is 32.2. The number of benzene rings is 4. The van der Waals surface area contributed by atoms with Crippen LogP contribution < -0.4 is 5.32 Å². The summed E-state index contributed by atoms with van der Waals surface area (Å²) in [5.74, 6) is 1.28. The van der Waals surface area contributed by atoms with Gasteiger partial charge in [-0.1, -0.05) is 54.6 Å². The number of rotatable bonds is 2. The van der Waals surface area contributed by atoms with E-state index in [2.05, 4.69) is 110 Å². The highest BCUT2D eigenvalue weighted by Gasteiger charge is 2.20. The van der Waals surface area contributed by atoms with Crippen LogP contribution in [0.3, 0.4) is 0 Å². The van der Waals surface area contributed by atoms with Crippen molar-refractivity contribution in [1.29, 1.82) is 0 Å². The van der Waals surface area contributed by atoms with E-state index in [1.807, 2.05) is 12.4 Å². The predicted molar refractivity (Wildman–Crippen MR) is 147 cm³/mol. The lowest BCUT2D eigenvalue weighted by Crippen LogP contribution is -2.10. The third kappa shape index (κ3) is 2.64. The summed E-state index contributed by atoms with van der Waals surface area (Å²) >= 11 is 0. The molecule has 6 nitrogen and oxygen atoms in total. The lowest BCUT2D eigenvalue weighted by atomic mass is 10.1. The lowest BCUT2D eigenvalue weighted by molar-refractivity contribution is 0.983. The molecule has 0 aliphatic carbocycles. The van der Waals surface area contributed by atoms with E-state index in [-0.39, 0.29) is 0 Å². The van der Waals surface area contributed by atoms with E-state index in [0.29, 0.717) is 18.3 Å². The molecule has 36 heavy (non-hydrogen) atoms. The number of para-hydroxylation sites is 3. The summed E-state index contributed by atoms with van der Waals surface area (Å²) in [7, 11) is 0. The maximum atomic E-state index is 4.84. The molecule has 0 saturated carbocycles. The molecule has 4 aromatic carbocycles. The van der Waals surface area contributed by atoms with Gasteiger partial charge in [0.1, 0.15) is 0 Å². The standard InChI is InChI=1S/C30H20N6/c1-2-8-19(9-3-1)35-25-12-6-4-10-20(25)22-17-28-23(16-27(22)35)21-11-5-7-13-26(21)36(28)30-33-18-24-29(34-30)32-15-14-31-24/h1-13,15-18,31H,14H2.